The number of hydrogen-bond donors (Lipinski definition) is 2. The van der Waals surface area contributed by atoms with Crippen molar-refractivity contribution in [1.29, 1.82) is 0 Å². The van der Waals surface area contributed by atoms with E-state index in [0.29, 0.717) is 0 Å². The summed E-state index contributed by atoms with van der Waals surface area (Å²) in [5, 5.41) is 12.9. The summed E-state index contributed by atoms with van der Waals surface area (Å²) in [4.78, 5) is 20.9. The number of rotatable bonds is 2. The van der Waals surface area contributed by atoms with Crippen molar-refractivity contribution in [2.24, 2.45) is 0 Å². The van der Waals surface area contributed by atoms with Gasteiger partial charge in [-0.1, -0.05) is 0 Å². The average molecular weight is 298 g/mol. The summed E-state index contributed by atoms with van der Waals surface area (Å²) in [6, 6.07) is -0.428. The first kappa shape index (κ1) is 15.4. The molecule has 1 amide bonds. The molecule has 2 heterocycles. The van der Waals surface area contributed by atoms with Crippen LogP contribution < -0.4 is 5.32 Å². The Labute approximate surface area is 122 Å². The van der Waals surface area contributed by atoms with Crippen molar-refractivity contribution in [3.63, 3.8) is 0 Å². The molecule has 0 radical (unpaired) electrons. The van der Waals surface area contributed by atoms with E-state index in [9.17, 15) is 14.3 Å². The Bertz CT molecular complexity index is 503. The molecular formula is C13H19FN4O3. The number of aromatic nitrogens is 2. The third-order valence-corrected chi connectivity index (χ3v) is 2.88. The maximum atomic E-state index is 12.7. The van der Waals surface area contributed by atoms with Gasteiger partial charge in [-0.2, -0.15) is 0 Å². The van der Waals surface area contributed by atoms with Crippen molar-refractivity contribution in [3.8, 4) is 0 Å². The molecule has 0 aliphatic carbocycles. The van der Waals surface area contributed by atoms with Gasteiger partial charge in [0.15, 0.2) is 5.82 Å². The van der Waals surface area contributed by atoms with Gasteiger partial charge in [0.1, 0.15) is 5.60 Å². The molecule has 0 spiro atoms. The van der Waals surface area contributed by atoms with Gasteiger partial charge in [-0.25, -0.2) is 19.2 Å². The SMILES string of the molecule is CC(C)(C)OC(=O)N1C[C@@H](O)[C@H](Nc2ncc(F)cn2)C1. The second-order valence-electron chi connectivity index (χ2n) is 5.93. The first-order chi connectivity index (χ1) is 9.74. The Morgan fingerprint density at radius 2 is 2.05 bits per heavy atom. The van der Waals surface area contributed by atoms with Crippen LogP contribution in [0, 0.1) is 5.82 Å². The van der Waals surface area contributed by atoms with Crippen molar-refractivity contribution >= 4 is 12.0 Å². The molecule has 2 atom stereocenters. The zero-order valence-electron chi connectivity index (χ0n) is 12.2. The molecule has 1 aliphatic heterocycles. The summed E-state index contributed by atoms with van der Waals surface area (Å²) in [7, 11) is 0. The summed E-state index contributed by atoms with van der Waals surface area (Å²) >= 11 is 0. The molecule has 1 aromatic heterocycles. The fourth-order valence-corrected chi connectivity index (χ4v) is 1.96. The van der Waals surface area contributed by atoms with Crippen LogP contribution in [-0.4, -0.2) is 56.9 Å². The predicted molar refractivity (Wildman–Crippen MR) is 73.2 cm³/mol. The quantitative estimate of drug-likeness (QED) is 0.847. The lowest BCUT2D eigenvalue weighted by Crippen LogP contribution is -2.36. The van der Waals surface area contributed by atoms with Crippen LogP contribution in [0.5, 0.6) is 0 Å². The molecule has 1 aromatic rings. The highest BCUT2D eigenvalue weighted by atomic mass is 19.1. The molecule has 2 rings (SSSR count). The fraction of sp³-hybridized carbons (Fsp3) is 0.615. The first-order valence-corrected chi connectivity index (χ1v) is 6.65. The predicted octanol–water partition coefficient (Wildman–Crippen LogP) is 1.01. The minimum Gasteiger partial charge on any atom is -0.444 e. The van der Waals surface area contributed by atoms with Crippen LogP contribution >= 0.6 is 0 Å². The lowest BCUT2D eigenvalue weighted by molar-refractivity contribution is 0.0270. The van der Waals surface area contributed by atoms with Crippen molar-refractivity contribution in [3.05, 3.63) is 18.2 Å². The summed E-state index contributed by atoms with van der Waals surface area (Å²) in [6.45, 7) is 5.75. The Hall–Kier alpha value is -1.96. The normalized spacial score (nSPS) is 22.2. The standard InChI is InChI=1S/C13H19FN4O3/c1-13(2,3)21-12(20)18-6-9(10(19)7-18)17-11-15-4-8(14)5-16-11/h4-5,9-10,19H,6-7H2,1-3H3,(H,15,16,17)/t9-,10-/m1/s1. The van der Waals surface area contributed by atoms with Gasteiger partial charge in [0.05, 0.1) is 31.1 Å². The second kappa shape index (κ2) is 5.80. The molecule has 7 nitrogen and oxygen atoms in total. The van der Waals surface area contributed by atoms with E-state index in [1.54, 1.807) is 20.8 Å². The van der Waals surface area contributed by atoms with Crippen molar-refractivity contribution < 1.29 is 19.0 Å². The highest BCUT2D eigenvalue weighted by molar-refractivity contribution is 5.69. The van der Waals surface area contributed by atoms with Gasteiger partial charge in [0.2, 0.25) is 5.95 Å². The fourth-order valence-electron chi connectivity index (χ4n) is 1.96. The van der Waals surface area contributed by atoms with Crippen LogP contribution in [0.25, 0.3) is 0 Å². The number of hydrogen-bond acceptors (Lipinski definition) is 6. The monoisotopic (exact) mass is 298 g/mol. The number of aliphatic hydroxyl groups is 1. The highest BCUT2D eigenvalue weighted by Gasteiger charge is 2.36. The van der Waals surface area contributed by atoms with Crippen molar-refractivity contribution in [1.82, 2.24) is 14.9 Å². The number of amides is 1. The maximum Gasteiger partial charge on any atom is 0.410 e. The van der Waals surface area contributed by atoms with Crippen molar-refractivity contribution in [2.75, 3.05) is 18.4 Å². The Morgan fingerprint density at radius 1 is 1.43 bits per heavy atom. The van der Waals surface area contributed by atoms with E-state index < -0.39 is 29.7 Å². The number of β-amino-alcohol motifs (C(OH)–C–C–N with tert-alkyl or cyclic N) is 1. The summed E-state index contributed by atoms with van der Waals surface area (Å²) in [5.41, 5.74) is -0.590. The molecule has 2 N–H and O–H groups in total. The number of likely N-dealkylation sites (tertiary alicyclic amines) is 1. The number of ether oxygens (including phenoxy) is 1. The van der Waals surface area contributed by atoms with Gasteiger partial charge in [0.25, 0.3) is 0 Å². The number of nitrogens with one attached hydrogen (secondary N) is 1. The van der Waals surface area contributed by atoms with Gasteiger partial charge in [-0.15, -0.1) is 0 Å². The number of carbonyl (C=O) groups excluding carboxylic acids is 1. The smallest absolute Gasteiger partial charge is 0.410 e. The molecule has 0 saturated carbocycles. The summed E-state index contributed by atoms with van der Waals surface area (Å²) < 4.78 is 18.0. The largest absolute Gasteiger partial charge is 0.444 e. The maximum absolute atomic E-state index is 12.7. The molecule has 1 saturated heterocycles. The van der Waals surface area contributed by atoms with E-state index in [0.717, 1.165) is 12.4 Å². The van der Waals surface area contributed by atoms with E-state index in [1.165, 1.54) is 4.90 Å². The Morgan fingerprint density at radius 3 is 2.62 bits per heavy atom. The first-order valence-electron chi connectivity index (χ1n) is 6.65. The third-order valence-electron chi connectivity index (χ3n) is 2.88. The lowest BCUT2D eigenvalue weighted by Gasteiger charge is -2.24. The summed E-state index contributed by atoms with van der Waals surface area (Å²) in [5.74, 6) is -0.339. The van der Waals surface area contributed by atoms with E-state index in [2.05, 4.69) is 15.3 Å². The molecule has 1 fully saturated rings. The average Bonchev–Trinajstić information content (AvgIpc) is 2.72. The van der Waals surface area contributed by atoms with Crippen molar-refractivity contribution in [2.45, 2.75) is 38.5 Å². The minimum absolute atomic E-state index is 0.160. The van der Waals surface area contributed by atoms with E-state index in [1.807, 2.05) is 0 Å². The number of aliphatic hydroxyl groups excluding tert-OH is 1. The van der Waals surface area contributed by atoms with Crippen LogP contribution in [0.1, 0.15) is 20.8 Å². The molecule has 0 aromatic carbocycles. The second-order valence-corrected chi connectivity index (χ2v) is 5.93. The van der Waals surface area contributed by atoms with Gasteiger partial charge < -0.3 is 20.1 Å². The molecule has 0 bridgehead atoms. The number of carbonyl (C=O) groups is 1. The number of anilines is 1. The molecule has 21 heavy (non-hydrogen) atoms. The van der Waals surface area contributed by atoms with E-state index in [4.69, 9.17) is 4.74 Å². The minimum atomic E-state index is -0.772. The molecular weight excluding hydrogens is 279 g/mol. The van der Waals surface area contributed by atoms with E-state index >= 15 is 0 Å². The third kappa shape index (κ3) is 4.25. The Balaban J connectivity index is 1.94. The van der Waals surface area contributed by atoms with E-state index in [-0.39, 0.29) is 19.0 Å². The Kier molecular flexibility index (Phi) is 4.26. The van der Waals surface area contributed by atoms with Gasteiger partial charge in [-0.3, -0.25) is 0 Å². The zero-order valence-corrected chi connectivity index (χ0v) is 12.2. The van der Waals surface area contributed by atoms with Crippen LogP contribution in [-0.2, 0) is 4.74 Å². The lowest BCUT2D eigenvalue weighted by atomic mass is 10.2. The molecule has 0 unspecified atom stereocenters. The van der Waals surface area contributed by atoms with Crippen LogP contribution in [0.15, 0.2) is 12.4 Å². The molecule has 1 aliphatic rings. The summed E-state index contributed by atoms with van der Waals surface area (Å²) in [6.07, 6.45) is 0.807. The van der Waals surface area contributed by atoms with Gasteiger partial charge in [0, 0.05) is 6.54 Å². The van der Waals surface area contributed by atoms with Crippen LogP contribution in [0.2, 0.25) is 0 Å². The molecule has 8 heteroatoms. The highest BCUT2D eigenvalue weighted by Crippen LogP contribution is 2.17. The number of halogens is 1. The van der Waals surface area contributed by atoms with Gasteiger partial charge in [-0.05, 0) is 20.8 Å². The molecule has 116 valence electrons. The topological polar surface area (TPSA) is 87.6 Å². The van der Waals surface area contributed by atoms with Gasteiger partial charge >= 0.3 is 6.09 Å². The van der Waals surface area contributed by atoms with Crippen LogP contribution in [0.4, 0.5) is 15.1 Å². The van der Waals surface area contributed by atoms with Crippen LogP contribution in [0.3, 0.4) is 0 Å². The number of nitrogens with zero attached hydrogens (tertiary/aromatic N) is 3. The zero-order chi connectivity index (χ0) is 15.6.